The number of fused-ring (bicyclic) bond motifs is 3. The van der Waals surface area contributed by atoms with Crippen LogP contribution in [-0.4, -0.2) is 38.2 Å². The van der Waals surface area contributed by atoms with E-state index in [0.29, 0.717) is 5.56 Å². The molecule has 0 bridgehead atoms. The first kappa shape index (κ1) is 19.9. The average Bonchev–Trinajstić information content (AvgIpc) is 2.89. The molecular formula is C20H21NO6S. The number of aliphatic carboxylic acids is 1. The van der Waals surface area contributed by atoms with Gasteiger partial charge in [-0.05, 0) is 35.3 Å². The first-order chi connectivity index (χ1) is 13.2. The van der Waals surface area contributed by atoms with E-state index in [9.17, 15) is 23.1 Å². The van der Waals surface area contributed by atoms with Crippen LogP contribution in [0.25, 0.3) is 16.8 Å². The number of carboxylic acid groups (broad SMARTS) is 1. The van der Waals surface area contributed by atoms with Crippen LogP contribution in [0.4, 0.5) is 4.79 Å². The van der Waals surface area contributed by atoms with Gasteiger partial charge in [0.1, 0.15) is 12.6 Å². The van der Waals surface area contributed by atoms with Crippen molar-refractivity contribution in [3.8, 4) is 0 Å². The summed E-state index contributed by atoms with van der Waals surface area (Å²) in [6.45, 7) is 3.20. The van der Waals surface area contributed by atoms with Crippen LogP contribution in [0.2, 0.25) is 0 Å². The Labute approximate surface area is 162 Å². The van der Waals surface area contributed by atoms with Gasteiger partial charge in [0, 0.05) is 5.56 Å². The summed E-state index contributed by atoms with van der Waals surface area (Å²) in [6.07, 6.45) is 0.774. The third kappa shape index (κ3) is 3.87. The van der Waals surface area contributed by atoms with E-state index in [1.807, 2.05) is 38.1 Å². The molecule has 3 rings (SSSR count). The number of amides is 1. The monoisotopic (exact) mass is 403 g/mol. The molecule has 2 aromatic carbocycles. The van der Waals surface area contributed by atoms with Crippen LogP contribution in [0.15, 0.2) is 46.2 Å². The van der Waals surface area contributed by atoms with Gasteiger partial charge in [-0.3, -0.25) is 0 Å². The normalized spacial score (nSPS) is 15.8. The molecule has 1 aliphatic rings. The lowest BCUT2D eigenvalue weighted by atomic mass is 10.0. The number of alkyl carbamates (subject to hydrolysis) is 1. The molecule has 1 aliphatic heterocycles. The lowest BCUT2D eigenvalue weighted by Crippen LogP contribution is -2.42. The molecule has 0 saturated heterocycles. The Hall–Kier alpha value is -2.87. The SMILES string of the molecule is CC(C)C[C@H](NC(=O)OCC1=Cc2c(ccc3ccccc23)S1(=O)=O)C(=O)O. The van der Waals surface area contributed by atoms with Crippen LogP contribution in [0.3, 0.4) is 0 Å². The molecule has 7 nitrogen and oxygen atoms in total. The Balaban J connectivity index is 1.76. The third-order valence-corrected chi connectivity index (χ3v) is 6.37. The molecule has 0 aromatic heterocycles. The topological polar surface area (TPSA) is 110 Å². The molecule has 28 heavy (non-hydrogen) atoms. The van der Waals surface area contributed by atoms with Gasteiger partial charge < -0.3 is 15.2 Å². The van der Waals surface area contributed by atoms with Crippen LogP contribution in [0.5, 0.6) is 0 Å². The minimum Gasteiger partial charge on any atom is -0.480 e. The lowest BCUT2D eigenvalue weighted by molar-refractivity contribution is -0.139. The summed E-state index contributed by atoms with van der Waals surface area (Å²) in [4.78, 5) is 23.3. The predicted octanol–water partition coefficient (Wildman–Crippen LogP) is 3.19. The van der Waals surface area contributed by atoms with E-state index >= 15 is 0 Å². The first-order valence-electron chi connectivity index (χ1n) is 8.83. The number of benzene rings is 2. The number of carbonyl (C=O) groups is 2. The van der Waals surface area contributed by atoms with Crippen molar-refractivity contribution in [1.29, 1.82) is 0 Å². The number of carboxylic acids is 1. The second-order valence-electron chi connectivity index (χ2n) is 7.05. The van der Waals surface area contributed by atoms with Crippen molar-refractivity contribution in [2.45, 2.75) is 31.2 Å². The van der Waals surface area contributed by atoms with E-state index < -0.39 is 34.5 Å². The van der Waals surface area contributed by atoms with Crippen molar-refractivity contribution in [2.24, 2.45) is 5.92 Å². The number of rotatable bonds is 6. The number of nitrogens with one attached hydrogen (secondary N) is 1. The smallest absolute Gasteiger partial charge is 0.408 e. The van der Waals surface area contributed by atoms with Gasteiger partial charge in [-0.15, -0.1) is 0 Å². The van der Waals surface area contributed by atoms with Gasteiger partial charge in [0.15, 0.2) is 0 Å². The van der Waals surface area contributed by atoms with E-state index in [2.05, 4.69) is 5.32 Å². The number of ether oxygens (including phenoxy) is 1. The molecule has 2 aromatic rings. The van der Waals surface area contributed by atoms with Crippen molar-refractivity contribution in [1.82, 2.24) is 5.32 Å². The van der Waals surface area contributed by atoms with Crippen LogP contribution in [0, 0.1) is 5.92 Å². The summed E-state index contributed by atoms with van der Waals surface area (Å²) < 4.78 is 30.5. The summed E-state index contributed by atoms with van der Waals surface area (Å²) in [7, 11) is -3.76. The second-order valence-corrected chi connectivity index (χ2v) is 9.02. The van der Waals surface area contributed by atoms with Gasteiger partial charge in [-0.25, -0.2) is 18.0 Å². The predicted molar refractivity (Wildman–Crippen MR) is 104 cm³/mol. The second kappa shape index (κ2) is 7.63. The van der Waals surface area contributed by atoms with E-state index in [1.54, 1.807) is 12.1 Å². The Morgan fingerprint density at radius 3 is 2.54 bits per heavy atom. The molecule has 1 amide bonds. The molecule has 1 heterocycles. The minimum absolute atomic E-state index is 0.0373. The van der Waals surface area contributed by atoms with Gasteiger partial charge in [0.25, 0.3) is 0 Å². The van der Waals surface area contributed by atoms with Crippen LogP contribution in [0.1, 0.15) is 25.8 Å². The third-order valence-electron chi connectivity index (χ3n) is 4.51. The average molecular weight is 403 g/mol. The molecule has 0 aliphatic carbocycles. The fraction of sp³-hybridized carbons (Fsp3) is 0.300. The zero-order valence-electron chi connectivity index (χ0n) is 15.5. The van der Waals surface area contributed by atoms with E-state index in [4.69, 9.17) is 4.74 Å². The number of hydrogen-bond donors (Lipinski definition) is 2. The minimum atomic E-state index is -3.76. The van der Waals surface area contributed by atoms with Crippen LogP contribution >= 0.6 is 0 Å². The van der Waals surface area contributed by atoms with Crippen molar-refractivity contribution >= 4 is 38.7 Å². The maximum absolute atomic E-state index is 12.7. The largest absolute Gasteiger partial charge is 0.480 e. The summed E-state index contributed by atoms with van der Waals surface area (Å²) >= 11 is 0. The van der Waals surface area contributed by atoms with Crippen LogP contribution < -0.4 is 5.32 Å². The maximum Gasteiger partial charge on any atom is 0.408 e. The Morgan fingerprint density at radius 2 is 1.86 bits per heavy atom. The zero-order chi connectivity index (χ0) is 20.5. The Kier molecular flexibility index (Phi) is 5.42. The van der Waals surface area contributed by atoms with E-state index in [0.717, 1.165) is 10.8 Å². The van der Waals surface area contributed by atoms with E-state index in [-0.39, 0.29) is 22.1 Å². The van der Waals surface area contributed by atoms with Gasteiger partial charge in [-0.2, -0.15) is 0 Å². The van der Waals surface area contributed by atoms with Crippen molar-refractivity contribution in [3.63, 3.8) is 0 Å². The maximum atomic E-state index is 12.7. The highest BCUT2D eigenvalue weighted by Crippen LogP contribution is 2.37. The molecular weight excluding hydrogens is 382 g/mol. The molecule has 0 saturated carbocycles. The lowest BCUT2D eigenvalue weighted by Gasteiger charge is -2.16. The summed E-state index contributed by atoms with van der Waals surface area (Å²) in [6, 6.07) is 9.60. The Morgan fingerprint density at radius 1 is 1.14 bits per heavy atom. The molecule has 2 N–H and O–H groups in total. The Bertz CT molecular complexity index is 1070. The fourth-order valence-electron chi connectivity index (χ4n) is 3.17. The molecule has 0 radical (unpaired) electrons. The van der Waals surface area contributed by atoms with Gasteiger partial charge in [-0.1, -0.05) is 44.2 Å². The summed E-state index contributed by atoms with van der Waals surface area (Å²) in [5, 5.41) is 13.1. The number of hydrogen-bond acceptors (Lipinski definition) is 5. The highest BCUT2D eigenvalue weighted by atomic mass is 32.2. The van der Waals surface area contributed by atoms with Crippen molar-refractivity contribution < 1.29 is 27.9 Å². The quantitative estimate of drug-likeness (QED) is 0.766. The number of sulfone groups is 1. The highest BCUT2D eigenvalue weighted by molar-refractivity contribution is 7.95. The highest BCUT2D eigenvalue weighted by Gasteiger charge is 2.32. The molecule has 0 fully saturated rings. The standard InChI is InChI=1S/C20H21NO6S/c1-12(2)9-17(19(22)23)21-20(24)27-11-14-10-16-15-6-4-3-5-13(15)7-8-18(16)28(14,25)26/h3-8,10,12,17H,9,11H2,1-2H3,(H,21,24)(H,22,23)/t17-/m0/s1. The molecule has 1 atom stereocenters. The van der Waals surface area contributed by atoms with Crippen molar-refractivity contribution in [2.75, 3.05) is 6.61 Å². The summed E-state index contributed by atoms with van der Waals surface area (Å²) in [5.41, 5.74) is 0.570. The van der Waals surface area contributed by atoms with Crippen LogP contribution in [-0.2, 0) is 19.4 Å². The van der Waals surface area contributed by atoms with Gasteiger partial charge in [0.05, 0.1) is 9.80 Å². The van der Waals surface area contributed by atoms with Gasteiger partial charge in [0.2, 0.25) is 9.84 Å². The van der Waals surface area contributed by atoms with Crippen molar-refractivity contribution in [3.05, 3.63) is 46.9 Å². The molecule has 8 heteroatoms. The van der Waals surface area contributed by atoms with E-state index in [1.165, 1.54) is 6.08 Å². The number of carbonyl (C=O) groups excluding carboxylic acids is 1. The molecule has 0 unspecified atom stereocenters. The molecule has 0 spiro atoms. The molecule has 148 valence electrons. The zero-order valence-corrected chi connectivity index (χ0v) is 16.3. The van der Waals surface area contributed by atoms with Gasteiger partial charge >= 0.3 is 12.1 Å². The first-order valence-corrected chi connectivity index (χ1v) is 10.3. The summed E-state index contributed by atoms with van der Waals surface area (Å²) in [5.74, 6) is -1.11. The fourth-order valence-corrected chi connectivity index (χ4v) is 4.65.